The van der Waals surface area contributed by atoms with Crippen molar-refractivity contribution in [1.82, 2.24) is 0 Å². The molecule has 2 aliphatic carbocycles. The number of ether oxygens (including phenoxy) is 4. The molecule has 0 spiro atoms. The summed E-state index contributed by atoms with van der Waals surface area (Å²) in [5.41, 5.74) is 3.00. The molecule has 0 amide bonds. The molecule has 0 bridgehead atoms. The van der Waals surface area contributed by atoms with Gasteiger partial charge in [0, 0.05) is 6.61 Å². The standard InChI is InChI=1S/C30H44O9/c1-15-18(7-8-23(36-5)26(15)30(2,3)4)25-19-11-24(37-6)21(32)10-16(19)9-17(12-31)20(25)13-38-29-28(35)27(34)22(33)14-39-29/h7-8,10-11,15,17-18,20,22,25,27-29,31-35H,9,12-14H2,1-6H3/t15?,17?,18-,20+,22+,25?,27-,28+,29+/m0/s1. The van der Waals surface area contributed by atoms with Crippen LogP contribution in [-0.4, -0.2) is 84.2 Å². The molecule has 3 unspecified atom stereocenters. The third-order valence-corrected chi connectivity index (χ3v) is 8.70. The van der Waals surface area contributed by atoms with Crippen LogP contribution in [0.15, 0.2) is 35.6 Å². The van der Waals surface area contributed by atoms with E-state index in [4.69, 9.17) is 18.9 Å². The van der Waals surface area contributed by atoms with Crippen LogP contribution in [-0.2, 0) is 20.6 Å². The number of aromatic hydroxyl groups is 1. The summed E-state index contributed by atoms with van der Waals surface area (Å²) in [6.07, 6.45) is -0.366. The van der Waals surface area contributed by atoms with Crippen molar-refractivity contribution in [2.45, 2.75) is 64.6 Å². The second kappa shape index (κ2) is 11.8. The largest absolute Gasteiger partial charge is 0.504 e. The number of hydrogen-bond acceptors (Lipinski definition) is 9. The van der Waals surface area contributed by atoms with Crippen LogP contribution < -0.4 is 4.74 Å². The summed E-state index contributed by atoms with van der Waals surface area (Å²) in [6.45, 7) is 8.60. The summed E-state index contributed by atoms with van der Waals surface area (Å²) in [5, 5.41) is 51.5. The van der Waals surface area contributed by atoms with Crippen molar-refractivity contribution in [2.75, 3.05) is 34.0 Å². The van der Waals surface area contributed by atoms with E-state index in [-0.39, 0.29) is 60.6 Å². The summed E-state index contributed by atoms with van der Waals surface area (Å²) < 4.78 is 22.8. The van der Waals surface area contributed by atoms with Crippen LogP contribution in [0.4, 0.5) is 0 Å². The number of phenols is 1. The first kappa shape index (κ1) is 29.8. The molecule has 3 aliphatic rings. The maximum absolute atomic E-state index is 10.6. The normalized spacial score (nSPS) is 35.1. The highest BCUT2D eigenvalue weighted by Crippen LogP contribution is 2.53. The summed E-state index contributed by atoms with van der Waals surface area (Å²) >= 11 is 0. The molecule has 0 saturated carbocycles. The fourth-order valence-electron chi connectivity index (χ4n) is 6.83. The van der Waals surface area contributed by atoms with Crippen molar-refractivity contribution in [2.24, 2.45) is 29.1 Å². The zero-order valence-corrected chi connectivity index (χ0v) is 23.7. The highest BCUT2D eigenvalue weighted by molar-refractivity contribution is 5.50. The molecular formula is C30H44O9. The van der Waals surface area contributed by atoms with Crippen LogP contribution in [0.2, 0.25) is 0 Å². The maximum atomic E-state index is 10.6. The van der Waals surface area contributed by atoms with E-state index in [1.54, 1.807) is 13.2 Å². The van der Waals surface area contributed by atoms with Gasteiger partial charge in [-0.05, 0) is 76.3 Å². The van der Waals surface area contributed by atoms with Gasteiger partial charge in [0.1, 0.15) is 24.1 Å². The molecule has 1 aromatic rings. The van der Waals surface area contributed by atoms with E-state index in [0.717, 1.165) is 16.9 Å². The van der Waals surface area contributed by atoms with Crippen LogP contribution in [0.25, 0.3) is 0 Å². The van der Waals surface area contributed by atoms with Gasteiger partial charge in [-0.2, -0.15) is 0 Å². The zero-order valence-electron chi connectivity index (χ0n) is 23.7. The lowest BCUT2D eigenvalue weighted by Gasteiger charge is -2.47. The number of rotatable bonds is 7. The number of fused-ring (bicyclic) bond motifs is 1. The highest BCUT2D eigenvalue weighted by Gasteiger charge is 2.46. The highest BCUT2D eigenvalue weighted by atomic mass is 16.7. The molecule has 1 aromatic carbocycles. The molecule has 1 heterocycles. The maximum Gasteiger partial charge on any atom is 0.186 e. The summed E-state index contributed by atoms with van der Waals surface area (Å²) in [5.74, 6) is 0.825. The fourth-order valence-corrected chi connectivity index (χ4v) is 6.83. The molecule has 4 rings (SSSR count). The number of hydrogen-bond donors (Lipinski definition) is 5. The van der Waals surface area contributed by atoms with E-state index in [2.05, 4.69) is 33.8 Å². The monoisotopic (exact) mass is 548 g/mol. The summed E-state index contributed by atoms with van der Waals surface area (Å²) in [7, 11) is 3.20. The first-order chi connectivity index (χ1) is 18.4. The van der Waals surface area contributed by atoms with E-state index in [1.165, 1.54) is 12.7 Å². The molecule has 0 aromatic heterocycles. The van der Waals surface area contributed by atoms with E-state index in [0.29, 0.717) is 12.2 Å². The Hall–Kier alpha value is -2.14. The number of allylic oxidation sites excluding steroid dienone is 3. The first-order valence-corrected chi connectivity index (χ1v) is 13.7. The number of benzene rings is 1. The van der Waals surface area contributed by atoms with Gasteiger partial charge in [-0.25, -0.2) is 0 Å². The number of phenolic OH excluding ortho intramolecular Hbond substituents is 1. The van der Waals surface area contributed by atoms with Gasteiger partial charge in [-0.3, -0.25) is 0 Å². The van der Waals surface area contributed by atoms with E-state index in [9.17, 15) is 25.5 Å². The zero-order chi connectivity index (χ0) is 28.6. The first-order valence-electron chi connectivity index (χ1n) is 13.7. The van der Waals surface area contributed by atoms with Crippen LogP contribution in [0, 0.1) is 29.1 Å². The molecule has 5 N–H and O–H groups in total. The SMILES string of the molecule is COC1=C(C(C)(C)C)C(C)[C@@H](C2c3cc(OC)c(O)cc3CC(CO)[C@H]2CO[C@@H]2OC[C@@H](O)[C@H](O)[C@H]2O)C=C1. The van der Waals surface area contributed by atoms with Crippen LogP contribution in [0.1, 0.15) is 44.7 Å². The Kier molecular flexibility index (Phi) is 9.00. The fraction of sp³-hybridized carbons (Fsp3) is 0.667. The molecule has 39 heavy (non-hydrogen) atoms. The Bertz CT molecular complexity index is 1070. The Labute approximate surface area is 230 Å². The summed E-state index contributed by atoms with van der Waals surface area (Å²) in [6, 6.07) is 3.61. The molecular weight excluding hydrogens is 504 g/mol. The molecule has 218 valence electrons. The number of aliphatic hydroxyl groups is 4. The molecule has 1 fully saturated rings. The lowest BCUT2D eigenvalue weighted by molar-refractivity contribution is -0.274. The van der Waals surface area contributed by atoms with Crippen molar-refractivity contribution in [3.63, 3.8) is 0 Å². The predicted octanol–water partition coefficient (Wildman–Crippen LogP) is 2.49. The lowest BCUT2D eigenvalue weighted by Crippen LogP contribution is -2.54. The van der Waals surface area contributed by atoms with Crippen molar-refractivity contribution in [3.05, 3.63) is 46.7 Å². The van der Waals surface area contributed by atoms with Crippen LogP contribution in [0.3, 0.4) is 0 Å². The van der Waals surface area contributed by atoms with Gasteiger partial charge < -0.3 is 44.5 Å². The van der Waals surface area contributed by atoms with Crippen molar-refractivity contribution in [1.29, 1.82) is 0 Å². The van der Waals surface area contributed by atoms with Crippen molar-refractivity contribution < 1.29 is 44.5 Å². The van der Waals surface area contributed by atoms with Gasteiger partial charge in [0.2, 0.25) is 0 Å². The van der Waals surface area contributed by atoms with Gasteiger partial charge in [0.25, 0.3) is 0 Å². The second-order valence-corrected chi connectivity index (χ2v) is 12.1. The van der Waals surface area contributed by atoms with Crippen LogP contribution in [0.5, 0.6) is 11.5 Å². The average Bonchev–Trinajstić information content (AvgIpc) is 2.89. The minimum atomic E-state index is -1.40. The Morgan fingerprint density at radius 2 is 1.77 bits per heavy atom. The van der Waals surface area contributed by atoms with Gasteiger partial charge in [0.05, 0.1) is 27.4 Å². The van der Waals surface area contributed by atoms with Crippen LogP contribution >= 0.6 is 0 Å². The average molecular weight is 549 g/mol. The quantitative estimate of drug-likeness (QED) is 0.348. The molecule has 0 radical (unpaired) electrons. The second-order valence-electron chi connectivity index (χ2n) is 12.1. The third-order valence-electron chi connectivity index (χ3n) is 8.70. The Morgan fingerprint density at radius 3 is 2.38 bits per heavy atom. The number of methoxy groups -OCH3 is 2. The van der Waals surface area contributed by atoms with Gasteiger partial charge in [-0.1, -0.05) is 33.8 Å². The molecule has 9 nitrogen and oxygen atoms in total. The molecule has 9 heteroatoms. The smallest absolute Gasteiger partial charge is 0.186 e. The van der Waals surface area contributed by atoms with Crippen molar-refractivity contribution in [3.8, 4) is 11.5 Å². The van der Waals surface area contributed by atoms with Gasteiger partial charge in [0.15, 0.2) is 17.8 Å². The van der Waals surface area contributed by atoms with E-state index >= 15 is 0 Å². The minimum Gasteiger partial charge on any atom is -0.504 e. The predicted molar refractivity (Wildman–Crippen MR) is 144 cm³/mol. The van der Waals surface area contributed by atoms with E-state index in [1.807, 2.05) is 12.1 Å². The Balaban J connectivity index is 1.76. The summed E-state index contributed by atoms with van der Waals surface area (Å²) in [4.78, 5) is 0. The Morgan fingerprint density at radius 1 is 1.05 bits per heavy atom. The lowest BCUT2D eigenvalue weighted by atomic mass is 9.59. The topological polar surface area (TPSA) is 138 Å². The molecule has 9 atom stereocenters. The van der Waals surface area contributed by atoms with Gasteiger partial charge >= 0.3 is 0 Å². The van der Waals surface area contributed by atoms with Crippen molar-refractivity contribution >= 4 is 0 Å². The van der Waals surface area contributed by atoms with Gasteiger partial charge in [-0.15, -0.1) is 0 Å². The third kappa shape index (κ3) is 5.71. The molecule has 1 aliphatic heterocycles. The number of aliphatic hydroxyl groups excluding tert-OH is 4. The van der Waals surface area contributed by atoms with E-state index < -0.39 is 24.6 Å². The molecule has 1 saturated heterocycles. The minimum absolute atomic E-state index is 0.00122.